The van der Waals surface area contributed by atoms with Crippen molar-refractivity contribution in [1.29, 1.82) is 0 Å². The van der Waals surface area contributed by atoms with Crippen molar-refractivity contribution in [3.05, 3.63) is 71.4 Å². The average molecular weight is 343 g/mol. The second-order valence-corrected chi connectivity index (χ2v) is 5.81. The first kappa shape index (κ1) is 16.2. The van der Waals surface area contributed by atoms with Gasteiger partial charge in [-0.25, -0.2) is 4.39 Å². The Morgan fingerprint density at radius 1 is 1.17 bits per heavy atom. The number of thioether (sulfide) groups is 1. The number of carbonyl (C=O) groups excluding carboxylic acids is 1. The summed E-state index contributed by atoms with van der Waals surface area (Å²) >= 11 is 1.48. The summed E-state index contributed by atoms with van der Waals surface area (Å²) < 4.78 is 18.3. The lowest BCUT2D eigenvalue weighted by Crippen LogP contribution is -2.13. The van der Waals surface area contributed by atoms with Crippen LogP contribution in [0.3, 0.4) is 0 Å². The maximum Gasteiger partial charge on any atom is 0.322 e. The Kier molecular flexibility index (Phi) is 4.90. The molecule has 0 aliphatic heterocycles. The minimum atomic E-state index is -0.308. The summed E-state index contributed by atoms with van der Waals surface area (Å²) in [5.41, 5.74) is 1.38. The first-order chi connectivity index (χ1) is 11.7. The normalized spacial score (nSPS) is 10.6. The Bertz CT molecular complexity index is 849. The molecule has 3 aromatic rings. The Morgan fingerprint density at radius 3 is 2.67 bits per heavy atom. The third-order valence-corrected chi connectivity index (χ3v) is 4.10. The fraction of sp³-hybridized carbons (Fsp3) is 0.118. The molecule has 1 amide bonds. The molecule has 24 heavy (non-hydrogen) atoms. The first-order valence-corrected chi connectivity index (χ1v) is 8.39. The molecule has 0 aliphatic rings. The fourth-order valence-electron chi connectivity index (χ4n) is 2.15. The van der Waals surface area contributed by atoms with E-state index in [-0.39, 0.29) is 17.7 Å². The summed E-state index contributed by atoms with van der Waals surface area (Å²) in [4.78, 5) is 13.2. The van der Waals surface area contributed by atoms with Gasteiger partial charge in [0.1, 0.15) is 5.82 Å². The van der Waals surface area contributed by atoms with Gasteiger partial charge >= 0.3 is 6.01 Å². The van der Waals surface area contributed by atoms with Gasteiger partial charge in [-0.2, -0.15) is 0 Å². The standard InChI is InChI=1S/C17H14FN3O2S/c1-24-14-5-3-2-4-13(14)16(22)19-17-21-20-15(23-17)10-11-6-8-12(18)9-7-11/h2-9H,10H2,1H3,(H,19,21,22). The van der Waals surface area contributed by atoms with Gasteiger partial charge in [0.05, 0.1) is 12.0 Å². The zero-order chi connectivity index (χ0) is 16.9. The first-order valence-electron chi connectivity index (χ1n) is 7.17. The van der Waals surface area contributed by atoms with Crippen LogP contribution < -0.4 is 5.32 Å². The van der Waals surface area contributed by atoms with Crippen LogP contribution >= 0.6 is 11.8 Å². The van der Waals surface area contributed by atoms with E-state index in [0.717, 1.165) is 10.5 Å². The highest BCUT2D eigenvalue weighted by atomic mass is 32.2. The van der Waals surface area contributed by atoms with Gasteiger partial charge in [0.2, 0.25) is 5.89 Å². The molecule has 1 heterocycles. The van der Waals surface area contributed by atoms with Gasteiger partial charge in [0, 0.05) is 4.90 Å². The van der Waals surface area contributed by atoms with Crippen LogP contribution in [0.25, 0.3) is 0 Å². The number of carbonyl (C=O) groups is 1. The number of benzene rings is 2. The van der Waals surface area contributed by atoms with Crippen LogP contribution in [0.15, 0.2) is 57.8 Å². The number of amides is 1. The number of halogens is 1. The second-order valence-electron chi connectivity index (χ2n) is 4.96. The molecule has 1 N–H and O–H groups in total. The number of aromatic nitrogens is 2. The molecule has 0 bridgehead atoms. The van der Waals surface area contributed by atoms with Gasteiger partial charge < -0.3 is 4.42 Å². The molecule has 0 radical (unpaired) electrons. The molecule has 0 spiro atoms. The number of hydrogen-bond acceptors (Lipinski definition) is 5. The van der Waals surface area contributed by atoms with E-state index in [9.17, 15) is 9.18 Å². The number of nitrogens with one attached hydrogen (secondary N) is 1. The maximum atomic E-state index is 12.9. The van der Waals surface area contributed by atoms with E-state index in [0.29, 0.717) is 17.9 Å². The summed E-state index contributed by atoms with van der Waals surface area (Å²) in [5, 5.41) is 10.3. The number of nitrogens with zero attached hydrogens (tertiary/aromatic N) is 2. The summed E-state index contributed by atoms with van der Waals surface area (Å²) in [6.07, 6.45) is 2.27. The van der Waals surface area contributed by atoms with Gasteiger partial charge in [-0.15, -0.1) is 16.9 Å². The van der Waals surface area contributed by atoms with Crippen molar-refractivity contribution < 1.29 is 13.6 Å². The molecule has 3 rings (SSSR count). The predicted octanol–water partition coefficient (Wildman–Crippen LogP) is 3.77. The van der Waals surface area contributed by atoms with Crippen molar-refractivity contribution in [2.45, 2.75) is 11.3 Å². The summed E-state index contributed by atoms with van der Waals surface area (Å²) in [5.74, 6) is -0.267. The summed E-state index contributed by atoms with van der Waals surface area (Å²) in [6.45, 7) is 0. The molecule has 0 aliphatic carbocycles. The van der Waals surface area contributed by atoms with Crippen molar-refractivity contribution in [3.8, 4) is 0 Å². The molecular weight excluding hydrogens is 329 g/mol. The van der Waals surface area contributed by atoms with E-state index in [1.807, 2.05) is 18.4 Å². The van der Waals surface area contributed by atoms with Crippen molar-refractivity contribution in [2.75, 3.05) is 11.6 Å². The van der Waals surface area contributed by atoms with E-state index in [1.165, 1.54) is 23.9 Å². The third-order valence-electron chi connectivity index (χ3n) is 3.31. The third kappa shape index (κ3) is 3.80. The van der Waals surface area contributed by atoms with Gasteiger partial charge in [-0.1, -0.05) is 29.4 Å². The summed E-state index contributed by atoms with van der Waals surface area (Å²) in [7, 11) is 0. The Hall–Kier alpha value is -2.67. The molecule has 5 nitrogen and oxygen atoms in total. The molecular formula is C17H14FN3O2S. The molecule has 122 valence electrons. The van der Waals surface area contributed by atoms with E-state index < -0.39 is 0 Å². The van der Waals surface area contributed by atoms with Gasteiger partial charge in [-0.3, -0.25) is 10.1 Å². The average Bonchev–Trinajstić information content (AvgIpc) is 3.03. The zero-order valence-corrected chi connectivity index (χ0v) is 13.6. The fourth-order valence-corrected chi connectivity index (χ4v) is 2.74. The number of rotatable bonds is 5. The smallest absolute Gasteiger partial charge is 0.322 e. The van der Waals surface area contributed by atoms with Crippen LogP contribution in [-0.2, 0) is 6.42 Å². The molecule has 0 atom stereocenters. The number of hydrogen-bond donors (Lipinski definition) is 1. The van der Waals surface area contributed by atoms with Crippen LogP contribution in [0.2, 0.25) is 0 Å². The quantitative estimate of drug-likeness (QED) is 0.714. The Labute approximate surface area is 142 Å². The minimum absolute atomic E-state index is 0.0352. The highest BCUT2D eigenvalue weighted by Gasteiger charge is 2.14. The molecule has 0 fully saturated rings. The monoisotopic (exact) mass is 343 g/mol. The van der Waals surface area contributed by atoms with Gasteiger partial charge in [-0.05, 0) is 36.1 Å². The van der Waals surface area contributed by atoms with Gasteiger partial charge in [0.25, 0.3) is 5.91 Å². The molecule has 0 unspecified atom stereocenters. The Balaban J connectivity index is 1.69. The molecule has 0 saturated carbocycles. The van der Waals surface area contributed by atoms with Gasteiger partial charge in [0.15, 0.2) is 0 Å². The van der Waals surface area contributed by atoms with Crippen molar-refractivity contribution in [3.63, 3.8) is 0 Å². The van der Waals surface area contributed by atoms with Crippen molar-refractivity contribution >= 4 is 23.7 Å². The maximum absolute atomic E-state index is 12.9. The molecule has 1 aromatic heterocycles. The molecule has 7 heteroatoms. The van der Waals surface area contributed by atoms with Crippen molar-refractivity contribution in [2.24, 2.45) is 0 Å². The van der Waals surface area contributed by atoms with Crippen LogP contribution in [0.4, 0.5) is 10.4 Å². The van der Waals surface area contributed by atoms with Crippen LogP contribution in [0.1, 0.15) is 21.8 Å². The van der Waals surface area contributed by atoms with E-state index >= 15 is 0 Å². The highest BCUT2D eigenvalue weighted by Crippen LogP contribution is 2.21. The lowest BCUT2D eigenvalue weighted by molar-refractivity contribution is 0.102. The van der Waals surface area contributed by atoms with Crippen LogP contribution in [0, 0.1) is 5.82 Å². The van der Waals surface area contributed by atoms with Crippen LogP contribution in [-0.4, -0.2) is 22.4 Å². The number of anilines is 1. The highest BCUT2D eigenvalue weighted by molar-refractivity contribution is 7.98. The predicted molar refractivity (Wildman–Crippen MR) is 89.7 cm³/mol. The van der Waals surface area contributed by atoms with Crippen LogP contribution in [0.5, 0.6) is 0 Å². The lowest BCUT2D eigenvalue weighted by atomic mass is 10.1. The topological polar surface area (TPSA) is 68.0 Å². The molecule has 0 saturated heterocycles. The van der Waals surface area contributed by atoms with E-state index in [1.54, 1.807) is 24.3 Å². The summed E-state index contributed by atoms with van der Waals surface area (Å²) in [6, 6.07) is 13.3. The Morgan fingerprint density at radius 2 is 1.92 bits per heavy atom. The van der Waals surface area contributed by atoms with E-state index in [2.05, 4.69) is 15.5 Å². The largest absolute Gasteiger partial charge is 0.407 e. The molecule has 2 aromatic carbocycles. The SMILES string of the molecule is CSc1ccccc1C(=O)Nc1nnc(Cc2ccc(F)cc2)o1. The van der Waals surface area contributed by atoms with E-state index in [4.69, 9.17) is 4.42 Å². The second kappa shape index (κ2) is 7.27. The zero-order valence-electron chi connectivity index (χ0n) is 12.8. The van der Waals surface area contributed by atoms with Crippen molar-refractivity contribution in [1.82, 2.24) is 10.2 Å². The minimum Gasteiger partial charge on any atom is -0.407 e. The lowest BCUT2D eigenvalue weighted by Gasteiger charge is -2.05.